The van der Waals surface area contributed by atoms with Gasteiger partial charge in [-0.2, -0.15) is 0 Å². The van der Waals surface area contributed by atoms with E-state index in [-0.39, 0.29) is 0 Å². The smallest absolute Gasteiger partial charge is 0.259 e. The van der Waals surface area contributed by atoms with Gasteiger partial charge in [0.1, 0.15) is 23.0 Å². The van der Waals surface area contributed by atoms with Gasteiger partial charge in [-0.1, -0.05) is 18.2 Å². The minimum atomic E-state index is -0.817. The molecule has 1 fully saturated rings. The predicted octanol–water partition coefficient (Wildman–Crippen LogP) is 2.81. The second-order valence-corrected chi connectivity index (χ2v) is 6.74. The number of fused-ring (bicyclic) bond motifs is 1. The van der Waals surface area contributed by atoms with Gasteiger partial charge in [-0.15, -0.1) is 0 Å². The van der Waals surface area contributed by atoms with Gasteiger partial charge in [0.15, 0.2) is 0 Å². The number of carbonyl (C=O) groups is 1. The molecule has 0 radical (unpaired) electrons. The Morgan fingerprint density at radius 3 is 2.33 bits per heavy atom. The number of benzene rings is 2. The van der Waals surface area contributed by atoms with E-state index >= 15 is 0 Å². The van der Waals surface area contributed by atoms with E-state index in [1.807, 2.05) is 31.3 Å². The molecule has 3 aromatic rings. The number of amides is 1. The van der Waals surface area contributed by atoms with Gasteiger partial charge in [0, 0.05) is 33.2 Å². The first-order chi connectivity index (χ1) is 13.0. The highest BCUT2D eigenvalue weighted by atomic mass is 19.1. The number of piperazine rings is 1. The fourth-order valence-electron chi connectivity index (χ4n) is 3.51. The number of imidazole rings is 1. The Morgan fingerprint density at radius 1 is 1.00 bits per heavy atom. The summed E-state index contributed by atoms with van der Waals surface area (Å²) < 4.78 is 29.8. The molecule has 1 aliphatic rings. The molecule has 2 aromatic carbocycles. The Balaban J connectivity index is 1.43. The van der Waals surface area contributed by atoms with Gasteiger partial charge in [-0.25, -0.2) is 13.8 Å². The molecule has 0 spiro atoms. The molecule has 1 aliphatic heterocycles. The van der Waals surface area contributed by atoms with Gasteiger partial charge in [-0.05, 0) is 24.3 Å². The minimum Gasteiger partial charge on any atom is -0.336 e. The van der Waals surface area contributed by atoms with Crippen molar-refractivity contribution in [2.45, 2.75) is 6.54 Å². The SMILES string of the molecule is Cn1c(CN2CCN(C(=O)c3c(F)cccc3F)CC2)nc2ccccc21. The molecule has 2 heterocycles. The van der Waals surface area contributed by atoms with E-state index in [1.165, 1.54) is 11.0 Å². The highest BCUT2D eigenvalue weighted by Gasteiger charge is 2.27. The van der Waals surface area contributed by atoms with Crippen LogP contribution in [0.2, 0.25) is 0 Å². The number of aromatic nitrogens is 2. The fourth-order valence-corrected chi connectivity index (χ4v) is 3.51. The van der Waals surface area contributed by atoms with E-state index in [4.69, 9.17) is 0 Å². The lowest BCUT2D eigenvalue weighted by Gasteiger charge is -2.34. The molecule has 0 N–H and O–H groups in total. The van der Waals surface area contributed by atoms with Gasteiger partial charge in [0.05, 0.1) is 17.6 Å². The fraction of sp³-hybridized carbons (Fsp3) is 0.300. The monoisotopic (exact) mass is 370 g/mol. The van der Waals surface area contributed by atoms with Crippen molar-refractivity contribution in [2.75, 3.05) is 26.2 Å². The zero-order chi connectivity index (χ0) is 19.0. The summed E-state index contributed by atoms with van der Waals surface area (Å²) in [4.78, 5) is 20.9. The number of para-hydroxylation sites is 2. The third kappa shape index (κ3) is 3.30. The van der Waals surface area contributed by atoms with Crippen molar-refractivity contribution in [1.82, 2.24) is 19.4 Å². The lowest BCUT2D eigenvalue weighted by atomic mass is 10.1. The van der Waals surface area contributed by atoms with Crippen LogP contribution in [0, 0.1) is 11.6 Å². The molecule has 0 atom stereocenters. The average molecular weight is 370 g/mol. The van der Waals surface area contributed by atoms with E-state index in [1.54, 1.807) is 0 Å². The van der Waals surface area contributed by atoms with Crippen molar-refractivity contribution >= 4 is 16.9 Å². The van der Waals surface area contributed by atoms with Crippen molar-refractivity contribution in [3.63, 3.8) is 0 Å². The molecule has 0 saturated carbocycles. The summed E-state index contributed by atoms with van der Waals surface area (Å²) in [6.45, 7) is 2.78. The summed E-state index contributed by atoms with van der Waals surface area (Å²) in [6, 6.07) is 11.4. The van der Waals surface area contributed by atoms with E-state index in [9.17, 15) is 13.6 Å². The maximum atomic E-state index is 13.9. The van der Waals surface area contributed by atoms with E-state index < -0.39 is 23.1 Å². The Kier molecular flexibility index (Phi) is 4.61. The summed E-state index contributed by atoms with van der Waals surface area (Å²) in [5.74, 6) is -1.27. The lowest BCUT2D eigenvalue weighted by molar-refractivity contribution is 0.0615. The Bertz CT molecular complexity index is 973. The predicted molar refractivity (Wildman–Crippen MR) is 98.3 cm³/mol. The van der Waals surface area contributed by atoms with E-state index in [2.05, 4.69) is 14.5 Å². The Labute approximate surface area is 155 Å². The topological polar surface area (TPSA) is 41.4 Å². The van der Waals surface area contributed by atoms with Crippen molar-refractivity contribution in [2.24, 2.45) is 7.05 Å². The maximum absolute atomic E-state index is 13.9. The zero-order valence-corrected chi connectivity index (χ0v) is 15.0. The van der Waals surface area contributed by atoms with Crippen LogP contribution in [0.25, 0.3) is 11.0 Å². The summed E-state index contributed by atoms with van der Waals surface area (Å²) in [6.07, 6.45) is 0. The molecule has 4 rings (SSSR count). The Morgan fingerprint density at radius 2 is 1.67 bits per heavy atom. The van der Waals surface area contributed by atoms with Gasteiger partial charge in [0.2, 0.25) is 0 Å². The average Bonchev–Trinajstić information content (AvgIpc) is 2.98. The van der Waals surface area contributed by atoms with Crippen LogP contribution in [-0.2, 0) is 13.6 Å². The van der Waals surface area contributed by atoms with Crippen LogP contribution in [0.3, 0.4) is 0 Å². The molecule has 1 saturated heterocycles. The lowest BCUT2D eigenvalue weighted by Crippen LogP contribution is -2.48. The first-order valence-electron chi connectivity index (χ1n) is 8.90. The molecule has 0 bridgehead atoms. The standard InChI is InChI=1S/C20H20F2N4O/c1-24-17-8-3-2-7-16(17)23-18(24)13-25-9-11-26(12-10-25)20(27)19-14(21)5-4-6-15(19)22/h2-8H,9-13H2,1H3. The van der Waals surface area contributed by atoms with E-state index in [0.29, 0.717) is 32.7 Å². The van der Waals surface area contributed by atoms with E-state index in [0.717, 1.165) is 29.0 Å². The zero-order valence-electron chi connectivity index (χ0n) is 15.0. The van der Waals surface area contributed by atoms with Crippen LogP contribution in [0.1, 0.15) is 16.2 Å². The molecule has 1 aromatic heterocycles. The molecular formula is C20H20F2N4O. The minimum absolute atomic E-state index is 0.427. The van der Waals surface area contributed by atoms with Gasteiger partial charge in [-0.3, -0.25) is 9.69 Å². The molecule has 1 amide bonds. The van der Waals surface area contributed by atoms with Crippen LogP contribution in [0.15, 0.2) is 42.5 Å². The summed E-state index contributed by atoms with van der Waals surface area (Å²) >= 11 is 0. The van der Waals surface area contributed by atoms with Gasteiger partial charge < -0.3 is 9.47 Å². The third-order valence-corrected chi connectivity index (χ3v) is 5.08. The second-order valence-electron chi connectivity index (χ2n) is 6.74. The largest absolute Gasteiger partial charge is 0.336 e. The number of carbonyl (C=O) groups excluding carboxylic acids is 1. The highest BCUT2D eigenvalue weighted by Crippen LogP contribution is 2.18. The van der Waals surface area contributed by atoms with Crippen LogP contribution >= 0.6 is 0 Å². The van der Waals surface area contributed by atoms with Crippen molar-refractivity contribution in [1.29, 1.82) is 0 Å². The number of hydrogen-bond donors (Lipinski definition) is 0. The van der Waals surface area contributed by atoms with Crippen molar-refractivity contribution < 1.29 is 13.6 Å². The normalized spacial score (nSPS) is 15.4. The maximum Gasteiger partial charge on any atom is 0.259 e. The van der Waals surface area contributed by atoms with Crippen molar-refractivity contribution in [3.8, 4) is 0 Å². The number of nitrogens with zero attached hydrogens (tertiary/aromatic N) is 4. The number of rotatable bonds is 3. The molecule has 140 valence electrons. The summed E-state index contributed by atoms with van der Waals surface area (Å²) in [5.41, 5.74) is 1.57. The Hall–Kier alpha value is -2.80. The highest BCUT2D eigenvalue weighted by molar-refractivity contribution is 5.94. The van der Waals surface area contributed by atoms with Gasteiger partial charge in [0.25, 0.3) is 5.91 Å². The van der Waals surface area contributed by atoms with Crippen LogP contribution in [-0.4, -0.2) is 51.4 Å². The molecular weight excluding hydrogens is 350 g/mol. The van der Waals surface area contributed by atoms with Crippen LogP contribution in [0.4, 0.5) is 8.78 Å². The molecule has 27 heavy (non-hydrogen) atoms. The van der Waals surface area contributed by atoms with Crippen LogP contribution < -0.4 is 0 Å². The first-order valence-corrected chi connectivity index (χ1v) is 8.90. The molecule has 0 unspecified atom stereocenters. The number of halogens is 2. The number of aryl methyl sites for hydroxylation is 1. The van der Waals surface area contributed by atoms with Crippen molar-refractivity contribution in [3.05, 3.63) is 65.5 Å². The van der Waals surface area contributed by atoms with Gasteiger partial charge >= 0.3 is 0 Å². The molecule has 7 heteroatoms. The quantitative estimate of drug-likeness (QED) is 0.712. The molecule has 5 nitrogen and oxygen atoms in total. The molecule has 0 aliphatic carbocycles. The third-order valence-electron chi connectivity index (χ3n) is 5.08. The number of hydrogen-bond acceptors (Lipinski definition) is 3. The van der Waals surface area contributed by atoms with Crippen LogP contribution in [0.5, 0.6) is 0 Å². The second kappa shape index (κ2) is 7.08. The summed E-state index contributed by atoms with van der Waals surface area (Å²) in [5, 5.41) is 0. The summed E-state index contributed by atoms with van der Waals surface area (Å²) in [7, 11) is 1.99. The first kappa shape index (κ1) is 17.6.